The molecule has 1 atom stereocenters. The van der Waals surface area contributed by atoms with Crippen LogP contribution in [0.15, 0.2) is 65.7 Å². The van der Waals surface area contributed by atoms with Gasteiger partial charge in [-0.25, -0.2) is 0 Å². The number of benzene rings is 1. The van der Waals surface area contributed by atoms with Gasteiger partial charge in [0.15, 0.2) is 5.82 Å². The maximum atomic E-state index is 13.0. The predicted octanol–water partition coefficient (Wildman–Crippen LogP) is 3.25. The number of aryl methyl sites for hydroxylation is 1. The fraction of sp³-hybridized carbons (Fsp3) is 0.429. The fourth-order valence-corrected chi connectivity index (χ4v) is 4.78. The van der Waals surface area contributed by atoms with E-state index < -0.39 is 6.04 Å². The maximum Gasteiger partial charge on any atom is 0.222 e. The molecular formula is C28H37N7O. The summed E-state index contributed by atoms with van der Waals surface area (Å²) >= 11 is 0. The molecule has 2 aliphatic heterocycles. The molecule has 1 N–H and O–H groups in total. The second kappa shape index (κ2) is 12.1. The van der Waals surface area contributed by atoms with Gasteiger partial charge in [-0.05, 0) is 39.9 Å². The first-order valence-corrected chi connectivity index (χ1v) is 12.7. The van der Waals surface area contributed by atoms with Crippen molar-refractivity contribution in [3.63, 3.8) is 0 Å². The topological polar surface area (TPSA) is 78.7 Å². The Kier molecular flexibility index (Phi) is 8.61. The zero-order chi connectivity index (χ0) is 25.5. The van der Waals surface area contributed by atoms with Crippen LogP contribution in [-0.2, 0) is 4.79 Å². The van der Waals surface area contributed by atoms with E-state index in [2.05, 4.69) is 45.0 Å². The number of aromatic nitrogens is 3. The van der Waals surface area contributed by atoms with Gasteiger partial charge < -0.3 is 15.1 Å². The largest absolute Gasteiger partial charge is 0.356 e. The van der Waals surface area contributed by atoms with Crippen LogP contribution in [0.2, 0.25) is 0 Å². The highest BCUT2D eigenvalue weighted by atomic mass is 16.1. The van der Waals surface area contributed by atoms with Crippen molar-refractivity contribution in [3.8, 4) is 5.69 Å². The average molecular weight is 488 g/mol. The highest BCUT2D eigenvalue weighted by Gasteiger charge is 2.29. The molecule has 1 amide bonds. The number of likely N-dealkylation sites (N-methyl/N-ethyl adjacent to an activating group) is 1. The number of aliphatic imine (C=N–C) groups is 1. The first kappa shape index (κ1) is 25.7. The van der Waals surface area contributed by atoms with Gasteiger partial charge in [-0.15, -0.1) is 10.2 Å². The average Bonchev–Trinajstić information content (AvgIpc) is 3.20. The molecule has 0 saturated carbocycles. The van der Waals surface area contributed by atoms with E-state index in [0.717, 1.165) is 67.5 Å². The quantitative estimate of drug-likeness (QED) is 0.434. The van der Waals surface area contributed by atoms with Crippen molar-refractivity contribution in [2.24, 2.45) is 4.99 Å². The van der Waals surface area contributed by atoms with E-state index in [1.54, 1.807) is 6.08 Å². The summed E-state index contributed by atoms with van der Waals surface area (Å²) in [6.45, 7) is 13.8. The molecule has 36 heavy (non-hydrogen) atoms. The number of carbonyl (C=O) groups is 1. The molecule has 8 heteroatoms. The van der Waals surface area contributed by atoms with Crippen LogP contribution in [0, 0.1) is 6.92 Å². The van der Waals surface area contributed by atoms with E-state index in [4.69, 9.17) is 4.99 Å². The molecule has 4 rings (SSSR count). The van der Waals surface area contributed by atoms with Crippen LogP contribution in [0.5, 0.6) is 0 Å². The number of fused-ring (bicyclic) bond motifs is 3. The van der Waals surface area contributed by atoms with Crippen molar-refractivity contribution in [2.75, 3.05) is 46.3 Å². The van der Waals surface area contributed by atoms with Gasteiger partial charge in [-0.1, -0.05) is 49.1 Å². The normalized spacial score (nSPS) is 18.9. The summed E-state index contributed by atoms with van der Waals surface area (Å²) in [6, 6.07) is 7.65. The maximum absolute atomic E-state index is 13.0. The van der Waals surface area contributed by atoms with Gasteiger partial charge in [0.05, 0.1) is 17.8 Å². The van der Waals surface area contributed by atoms with E-state index in [-0.39, 0.29) is 12.3 Å². The second-order valence-corrected chi connectivity index (χ2v) is 9.36. The molecule has 190 valence electrons. The summed E-state index contributed by atoms with van der Waals surface area (Å²) in [7, 11) is 2.16. The van der Waals surface area contributed by atoms with Gasteiger partial charge in [0.2, 0.25) is 5.91 Å². The molecule has 1 aromatic heterocycles. The molecule has 1 aromatic carbocycles. The van der Waals surface area contributed by atoms with Crippen molar-refractivity contribution >= 4 is 11.6 Å². The highest BCUT2D eigenvalue weighted by Crippen LogP contribution is 2.32. The molecule has 8 nitrogen and oxygen atoms in total. The highest BCUT2D eigenvalue weighted by molar-refractivity contribution is 6.16. The molecular weight excluding hydrogens is 450 g/mol. The summed E-state index contributed by atoms with van der Waals surface area (Å²) in [6.07, 6.45) is 8.86. The minimum Gasteiger partial charge on any atom is -0.356 e. The first-order chi connectivity index (χ1) is 17.5. The molecule has 2 aromatic rings. The van der Waals surface area contributed by atoms with Crippen LogP contribution >= 0.6 is 0 Å². The van der Waals surface area contributed by atoms with E-state index in [0.29, 0.717) is 12.4 Å². The van der Waals surface area contributed by atoms with Gasteiger partial charge in [0.25, 0.3) is 0 Å². The molecule has 0 radical (unpaired) electrons. The standard InChI is InChI=1S/C28H37N7O/c1-5-10-22(11-6-2)27-23-12-7-8-13-25(23)35-21(3)31-32-28(35)24(30-27)20-26(36)29-14-9-15-34-18-16-33(4)17-19-34/h5-8,10-13,24H,1,9,14-20H2,2-4H3,(H,29,36)/b11-6-,22-10+/t24-/m0/s1. The minimum atomic E-state index is -0.454. The second-order valence-electron chi connectivity index (χ2n) is 9.36. The van der Waals surface area contributed by atoms with Gasteiger partial charge in [0.1, 0.15) is 11.9 Å². The summed E-state index contributed by atoms with van der Waals surface area (Å²) in [5.74, 6) is 1.42. The minimum absolute atomic E-state index is 0.0279. The molecule has 0 bridgehead atoms. The number of hydrogen-bond acceptors (Lipinski definition) is 6. The number of allylic oxidation sites excluding steroid dienone is 5. The Morgan fingerprint density at radius 3 is 2.72 bits per heavy atom. The van der Waals surface area contributed by atoms with Gasteiger partial charge in [0, 0.05) is 43.9 Å². The molecule has 0 unspecified atom stereocenters. The van der Waals surface area contributed by atoms with E-state index >= 15 is 0 Å². The van der Waals surface area contributed by atoms with Crippen molar-refractivity contribution in [1.29, 1.82) is 0 Å². The molecule has 1 fully saturated rings. The summed E-state index contributed by atoms with van der Waals surface area (Å²) in [4.78, 5) is 23.0. The first-order valence-electron chi connectivity index (χ1n) is 12.7. The number of nitrogens with zero attached hydrogens (tertiary/aromatic N) is 6. The molecule has 3 heterocycles. The van der Waals surface area contributed by atoms with Gasteiger partial charge in [-0.3, -0.25) is 14.4 Å². The van der Waals surface area contributed by atoms with Crippen molar-refractivity contribution in [2.45, 2.75) is 32.7 Å². The predicted molar refractivity (Wildman–Crippen MR) is 145 cm³/mol. The van der Waals surface area contributed by atoms with E-state index in [1.807, 2.05) is 54.8 Å². The van der Waals surface area contributed by atoms with Crippen LogP contribution in [0.3, 0.4) is 0 Å². The van der Waals surface area contributed by atoms with Crippen LogP contribution in [-0.4, -0.2) is 82.5 Å². The Morgan fingerprint density at radius 1 is 1.19 bits per heavy atom. The molecule has 1 saturated heterocycles. The third-order valence-corrected chi connectivity index (χ3v) is 6.70. The number of hydrogen-bond donors (Lipinski definition) is 1. The smallest absolute Gasteiger partial charge is 0.222 e. The Hall–Kier alpha value is -3.36. The third-order valence-electron chi connectivity index (χ3n) is 6.70. The summed E-state index contributed by atoms with van der Waals surface area (Å²) < 4.78 is 2.03. The van der Waals surface area contributed by atoms with Gasteiger partial charge in [-0.2, -0.15) is 0 Å². The number of carbonyl (C=O) groups excluding carboxylic acids is 1. The van der Waals surface area contributed by atoms with Crippen LogP contribution in [0.25, 0.3) is 5.69 Å². The SMILES string of the molecule is C=C/C=C(\C=C/C)C1=N[C@@H](CC(=O)NCCCN2CCN(C)CC2)c2nnc(C)n2-c2ccccc21. The van der Waals surface area contributed by atoms with E-state index in [9.17, 15) is 4.79 Å². The van der Waals surface area contributed by atoms with Crippen molar-refractivity contribution < 1.29 is 4.79 Å². The lowest BCUT2D eigenvalue weighted by Crippen LogP contribution is -2.45. The Bertz CT molecular complexity index is 1170. The number of piperazine rings is 1. The summed E-state index contributed by atoms with van der Waals surface area (Å²) in [5.41, 5.74) is 3.70. The Labute approximate surface area is 214 Å². The molecule has 0 spiro atoms. The third kappa shape index (κ3) is 5.88. The fourth-order valence-electron chi connectivity index (χ4n) is 4.78. The number of rotatable bonds is 9. The number of amides is 1. The lowest BCUT2D eigenvalue weighted by Gasteiger charge is -2.32. The zero-order valence-electron chi connectivity index (χ0n) is 21.7. The lowest BCUT2D eigenvalue weighted by atomic mass is 9.99. The van der Waals surface area contributed by atoms with Gasteiger partial charge >= 0.3 is 0 Å². The number of para-hydroxylation sites is 1. The zero-order valence-corrected chi connectivity index (χ0v) is 21.7. The van der Waals surface area contributed by atoms with E-state index in [1.165, 1.54) is 0 Å². The molecule has 2 aliphatic rings. The van der Waals surface area contributed by atoms with Crippen LogP contribution in [0.4, 0.5) is 0 Å². The van der Waals surface area contributed by atoms with Crippen molar-refractivity contribution in [1.82, 2.24) is 29.9 Å². The lowest BCUT2D eigenvalue weighted by molar-refractivity contribution is -0.121. The Morgan fingerprint density at radius 2 is 1.97 bits per heavy atom. The van der Waals surface area contributed by atoms with Crippen molar-refractivity contribution in [3.05, 3.63) is 77.9 Å². The molecule has 0 aliphatic carbocycles. The van der Waals surface area contributed by atoms with Crippen LogP contribution < -0.4 is 5.32 Å². The monoisotopic (exact) mass is 487 g/mol. The van der Waals surface area contributed by atoms with Crippen LogP contribution in [0.1, 0.15) is 43.0 Å². The Balaban J connectivity index is 1.54. The summed E-state index contributed by atoms with van der Waals surface area (Å²) in [5, 5.41) is 11.9. The number of nitrogens with one attached hydrogen (secondary N) is 1.